The molecule has 0 aliphatic heterocycles. The first-order valence-corrected chi connectivity index (χ1v) is 12.0. The first-order valence-electron chi connectivity index (χ1n) is 12.0. The van der Waals surface area contributed by atoms with Crippen LogP contribution in [0.25, 0.3) is 11.1 Å². The molecule has 1 heteroatoms. The van der Waals surface area contributed by atoms with Gasteiger partial charge in [0, 0.05) is 10.8 Å². The van der Waals surface area contributed by atoms with Crippen LogP contribution in [-0.2, 0) is 10.8 Å². The highest BCUT2D eigenvalue weighted by molar-refractivity contribution is 6.04. The van der Waals surface area contributed by atoms with E-state index in [-0.39, 0.29) is 10.8 Å². The van der Waals surface area contributed by atoms with Gasteiger partial charge in [-0.15, -0.1) is 0 Å². The highest BCUT2D eigenvalue weighted by Gasteiger charge is 2.64. The minimum absolute atomic E-state index is 0.0618. The van der Waals surface area contributed by atoms with Crippen molar-refractivity contribution < 1.29 is 0 Å². The van der Waals surface area contributed by atoms with Crippen LogP contribution in [0.4, 0.5) is 0 Å². The Morgan fingerprint density at radius 3 is 1.55 bits per heavy atom. The van der Waals surface area contributed by atoms with E-state index in [4.69, 9.17) is 5.73 Å². The zero-order valence-electron chi connectivity index (χ0n) is 18.8. The molecule has 4 aromatic rings. The number of allylic oxidation sites excluding steroid dienone is 2. The molecule has 0 heterocycles. The summed E-state index contributed by atoms with van der Waals surface area (Å²) in [5, 5.41) is 0. The average Bonchev–Trinajstić information content (AvgIpc) is 3.42. The summed E-state index contributed by atoms with van der Waals surface area (Å²) in [4.78, 5) is 0. The topological polar surface area (TPSA) is 26.0 Å². The first-order chi connectivity index (χ1) is 16.3. The minimum atomic E-state index is -0.113. The Morgan fingerprint density at radius 2 is 1.03 bits per heavy atom. The van der Waals surface area contributed by atoms with Gasteiger partial charge in [-0.1, -0.05) is 121 Å². The smallest absolute Gasteiger partial charge is 0.0264 e. The molecule has 0 spiro atoms. The number of rotatable bonds is 5. The van der Waals surface area contributed by atoms with Crippen molar-refractivity contribution in [2.24, 2.45) is 11.7 Å². The molecule has 1 saturated carbocycles. The summed E-state index contributed by atoms with van der Waals surface area (Å²) in [5.41, 5.74) is 14.8. The van der Waals surface area contributed by atoms with Crippen molar-refractivity contribution >= 4 is 11.1 Å². The summed E-state index contributed by atoms with van der Waals surface area (Å²) in [5.74, 6) is 0.378. The molecule has 2 aliphatic rings. The predicted molar refractivity (Wildman–Crippen MR) is 138 cm³/mol. The molecule has 2 bridgehead atoms. The third-order valence-electron chi connectivity index (χ3n) is 8.07. The van der Waals surface area contributed by atoms with E-state index < -0.39 is 0 Å². The Balaban J connectivity index is 1.76. The summed E-state index contributed by atoms with van der Waals surface area (Å²) < 4.78 is 0. The zero-order valence-corrected chi connectivity index (χ0v) is 18.8. The van der Waals surface area contributed by atoms with Gasteiger partial charge in [-0.25, -0.2) is 0 Å². The third kappa shape index (κ3) is 2.89. The van der Waals surface area contributed by atoms with Crippen LogP contribution >= 0.6 is 0 Å². The second kappa shape index (κ2) is 7.86. The van der Waals surface area contributed by atoms with Crippen LogP contribution in [0.5, 0.6) is 0 Å². The maximum Gasteiger partial charge on any atom is 0.0264 e. The van der Waals surface area contributed by atoms with Crippen LogP contribution in [0.2, 0.25) is 0 Å². The van der Waals surface area contributed by atoms with Gasteiger partial charge in [0.25, 0.3) is 0 Å². The lowest BCUT2D eigenvalue weighted by Crippen LogP contribution is -2.37. The van der Waals surface area contributed by atoms with Crippen molar-refractivity contribution in [1.29, 1.82) is 0 Å². The molecule has 1 nitrogen and oxygen atoms in total. The third-order valence-corrected chi connectivity index (χ3v) is 8.07. The van der Waals surface area contributed by atoms with Crippen LogP contribution in [0.3, 0.4) is 0 Å². The fourth-order valence-electron chi connectivity index (χ4n) is 6.89. The van der Waals surface area contributed by atoms with Gasteiger partial charge in [0.05, 0.1) is 0 Å². The van der Waals surface area contributed by atoms with Gasteiger partial charge in [0.1, 0.15) is 0 Å². The molecule has 33 heavy (non-hydrogen) atoms. The van der Waals surface area contributed by atoms with Gasteiger partial charge in [-0.05, 0) is 58.7 Å². The standard InChI is InChI=1S/C32H29N/c33-22-28-21-31(26-17-9-3-10-18-26)23-32(28,27-19-11-4-12-20-27)30(25-15-7-2-8-16-25)29(31)24-13-5-1-6-14-24/h1-20,28H,21-23,33H2. The summed E-state index contributed by atoms with van der Waals surface area (Å²) in [6, 6.07) is 44.3. The van der Waals surface area contributed by atoms with Crippen molar-refractivity contribution in [3.8, 4) is 0 Å². The molecule has 0 radical (unpaired) electrons. The van der Waals surface area contributed by atoms with E-state index in [0.29, 0.717) is 12.5 Å². The molecule has 3 unspecified atom stereocenters. The number of benzene rings is 4. The molecule has 2 aliphatic carbocycles. The van der Waals surface area contributed by atoms with Crippen molar-refractivity contribution in [2.75, 3.05) is 6.54 Å². The van der Waals surface area contributed by atoms with Gasteiger partial charge in [0.2, 0.25) is 0 Å². The Kier molecular flexibility index (Phi) is 4.81. The van der Waals surface area contributed by atoms with E-state index in [1.54, 1.807) is 0 Å². The van der Waals surface area contributed by atoms with Crippen LogP contribution in [0.1, 0.15) is 35.1 Å². The molecule has 3 atom stereocenters. The van der Waals surface area contributed by atoms with E-state index >= 15 is 0 Å². The molecule has 1 fully saturated rings. The van der Waals surface area contributed by atoms with Crippen molar-refractivity contribution in [3.05, 3.63) is 144 Å². The van der Waals surface area contributed by atoms with Gasteiger partial charge in [0.15, 0.2) is 0 Å². The molecule has 0 saturated heterocycles. The lowest BCUT2D eigenvalue weighted by atomic mass is 9.63. The summed E-state index contributed by atoms with van der Waals surface area (Å²) in [7, 11) is 0. The number of fused-ring (bicyclic) bond motifs is 2. The predicted octanol–water partition coefficient (Wildman–Crippen LogP) is 6.86. The quantitative estimate of drug-likeness (QED) is 0.370. The van der Waals surface area contributed by atoms with Crippen LogP contribution in [-0.4, -0.2) is 6.54 Å². The number of hydrogen-bond donors (Lipinski definition) is 1. The lowest BCUT2D eigenvalue weighted by molar-refractivity contribution is 0.407. The monoisotopic (exact) mass is 427 g/mol. The van der Waals surface area contributed by atoms with E-state index in [1.807, 2.05) is 0 Å². The molecular weight excluding hydrogens is 398 g/mol. The van der Waals surface area contributed by atoms with E-state index in [9.17, 15) is 0 Å². The van der Waals surface area contributed by atoms with E-state index in [1.165, 1.54) is 33.4 Å². The Morgan fingerprint density at radius 1 is 0.576 bits per heavy atom. The Bertz CT molecular complexity index is 1280. The number of nitrogens with two attached hydrogens (primary N) is 1. The average molecular weight is 428 g/mol. The van der Waals surface area contributed by atoms with Crippen LogP contribution < -0.4 is 5.73 Å². The SMILES string of the molecule is NCC1CC2(c3ccccc3)CC1(c1ccccc1)C(c1ccccc1)=C2c1ccccc1. The van der Waals surface area contributed by atoms with E-state index in [2.05, 4.69) is 121 Å². The molecule has 0 amide bonds. The van der Waals surface area contributed by atoms with Gasteiger partial charge >= 0.3 is 0 Å². The molecule has 162 valence electrons. The highest BCUT2D eigenvalue weighted by atomic mass is 14.7. The van der Waals surface area contributed by atoms with Gasteiger partial charge in [-0.2, -0.15) is 0 Å². The van der Waals surface area contributed by atoms with Crippen molar-refractivity contribution in [2.45, 2.75) is 23.7 Å². The van der Waals surface area contributed by atoms with Gasteiger partial charge < -0.3 is 5.73 Å². The zero-order chi connectivity index (χ0) is 22.3. The second-order valence-electron chi connectivity index (χ2n) is 9.58. The molecule has 6 rings (SSSR count). The van der Waals surface area contributed by atoms with Crippen LogP contribution in [0, 0.1) is 5.92 Å². The van der Waals surface area contributed by atoms with Gasteiger partial charge in [-0.3, -0.25) is 0 Å². The Hall–Kier alpha value is -3.42. The Labute approximate surface area is 196 Å². The fraction of sp³-hybridized carbons (Fsp3) is 0.188. The fourth-order valence-corrected chi connectivity index (χ4v) is 6.89. The molecular formula is C32H29N. The maximum absolute atomic E-state index is 6.58. The lowest BCUT2D eigenvalue weighted by Gasteiger charge is -2.41. The van der Waals surface area contributed by atoms with Crippen molar-refractivity contribution in [3.63, 3.8) is 0 Å². The maximum atomic E-state index is 6.58. The first kappa shape index (κ1) is 20.2. The normalized spacial score (nSPS) is 26.0. The largest absolute Gasteiger partial charge is 0.330 e. The van der Waals surface area contributed by atoms with E-state index in [0.717, 1.165) is 12.8 Å². The highest BCUT2D eigenvalue weighted by Crippen LogP contribution is 2.72. The molecule has 4 aromatic carbocycles. The summed E-state index contributed by atoms with van der Waals surface area (Å²) in [6.45, 7) is 0.682. The minimum Gasteiger partial charge on any atom is -0.330 e. The van der Waals surface area contributed by atoms with Crippen LogP contribution in [0.15, 0.2) is 121 Å². The summed E-state index contributed by atoms with van der Waals surface area (Å²) in [6.07, 6.45) is 2.13. The van der Waals surface area contributed by atoms with Crippen molar-refractivity contribution in [1.82, 2.24) is 0 Å². The summed E-state index contributed by atoms with van der Waals surface area (Å²) >= 11 is 0. The second-order valence-corrected chi connectivity index (χ2v) is 9.58. The molecule has 2 N–H and O–H groups in total. The molecule has 0 aromatic heterocycles. The number of hydrogen-bond acceptors (Lipinski definition) is 1.